The first-order valence-electron chi connectivity index (χ1n) is 22.3. The molecular formula is C42H80F3N11. The van der Waals surface area contributed by atoms with Crippen molar-refractivity contribution in [2.75, 3.05) is 131 Å². The maximum Gasteiger partial charge on any atom is 0.416 e. The summed E-state index contributed by atoms with van der Waals surface area (Å²) < 4.78 is 39.7. The largest absolute Gasteiger partial charge is 0.416 e. The van der Waals surface area contributed by atoms with Crippen LogP contribution < -0.4 is 53.2 Å². The van der Waals surface area contributed by atoms with E-state index in [1.807, 2.05) is 0 Å². The van der Waals surface area contributed by atoms with E-state index in [1.165, 1.54) is 57.2 Å². The van der Waals surface area contributed by atoms with Crippen molar-refractivity contribution in [2.24, 2.45) is 11.8 Å². The van der Waals surface area contributed by atoms with Gasteiger partial charge in [-0.05, 0) is 87.7 Å². The Morgan fingerprint density at radius 2 is 1.21 bits per heavy atom. The molecule has 1 spiro atoms. The minimum absolute atomic E-state index is 0.105. The summed E-state index contributed by atoms with van der Waals surface area (Å²) in [5.74, 6) is 1.35. The van der Waals surface area contributed by atoms with Gasteiger partial charge in [0, 0.05) is 129 Å². The third-order valence-electron chi connectivity index (χ3n) is 12.3. The lowest BCUT2D eigenvalue weighted by Gasteiger charge is -2.44. The van der Waals surface area contributed by atoms with E-state index in [0.29, 0.717) is 24.3 Å². The Morgan fingerprint density at radius 1 is 0.661 bits per heavy atom. The Labute approximate surface area is 337 Å². The molecule has 4 unspecified atom stereocenters. The molecule has 11 nitrogen and oxygen atoms in total. The molecule has 0 aromatic heterocycles. The van der Waals surface area contributed by atoms with Crippen LogP contribution in [0.15, 0.2) is 24.3 Å². The molecule has 5 atom stereocenters. The molecule has 2 heterocycles. The SMILES string of the molecule is CC[C@H](C)C1CCCC12CN1CCCC1CNCCNCCNCCCNCCNCCNCCNCCNC(Cc1ccc(C(F)(F)F)cc1)CNCCN2. The summed E-state index contributed by atoms with van der Waals surface area (Å²) in [5, 5.41) is 36.5. The zero-order chi connectivity index (χ0) is 39.7. The van der Waals surface area contributed by atoms with E-state index in [9.17, 15) is 13.2 Å². The monoisotopic (exact) mass is 796 g/mol. The van der Waals surface area contributed by atoms with Gasteiger partial charge in [-0.15, -0.1) is 0 Å². The summed E-state index contributed by atoms with van der Waals surface area (Å²) in [6.45, 7) is 23.9. The first kappa shape index (κ1) is 47.3. The summed E-state index contributed by atoms with van der Waals surface area (Å²) in [5.41, 5.74) is 0.437. The zero-order valence-corrected chi connectivity index (χ0v) is 35.0. The fourth-order valence-corrected chi connectivity index (χ4v) is 8.99. The molecular weight excluding hydrogens is 716 g/mol. The molecule has 4 rings (SSSR count). The number of rotatable bonds is 4. The molecule has 2 saturated heterocycles. The fraction of sp³-hybridized carbons (Fsp3) is 0.857. The van der Waals surface area contributed by atoms with Gasteiger partial charge in [-0.2, -0.15) is 13.2 Å². The molecule has 2 aliphatic heterocycles. The number of hydrogen-bond acceptors (Lipinski definition) is 11. The Bertz CT molecular complexity index is 1130. The van der Waals surface area contributed by atoms with Gasteiger partial charge in [-0.25, -0.2) is 0 Å². The second-order valence-corrected chi connectivity index (χ2v) is 16.5. The Kier molecular flexibility index (Phi) is 23.1. The number of alkyl halides is 3. The summed E-state index contributed by atoms with van der Waals surface area (Å²) >= 11 is 0. The third kappa shape index (κ3) is 17.8. The lowest BCUT2D eigenvalue weighted by Crippen LogP contribution is -2.59. The highest BCUT2D eigenvalue weighted by atomic mass is 19.4. The average Bonchev–Trinajstić information content (AvgIpc) is 3.81. The summed E-state index contributed by atoms with van der Waals surface area (Å²) in [4.78, 5) is 2.79. The summed E-state index contributed by atoms with van der Waals surface area (Å²) in [6, 6.07) is 6.36. The van der Waals surface area contributed by atoms with Crippen LogP contribution in [0.4, 0.5) is 13.2 Å². The topological polar surface area (TPSA) is 124 Å². The first-order chi connectivity index (χ1) is 27.3. The predicted molar refractivity (Wildman–Crippen MR) is 227 cm³/mol. The van der Waals surface area contributed by atoms with Gasteiger partial charge in [0.1, 0.15) is 0 Å². The maximum absolute atomic E-state index is 13.2. The average molecular weight is 796 g/mol. The molecule has 0 amide bonds. The number of benzene rings is 1. The van der Waals surface area contributed by atoms with E-state index in [0.717, 1.165) is 136 Å². The van der Waals surface area contributed by atoms with Crippen LogP contribution in [0.1, 0.15) is 69.9 Å². The molecule has 3 aliphatic rings. The van der Waals surface area contributed by atoms with Gasteiger partial charge in [-0.1, -0.05) is 38.8 Å². The number of halogens is 3. The van der Waals surface area contributed by atoms with Crippen LogP contribution in [0.25, 0.3) is 0 Å². The number of hydrogen-bond donors (Lipinski definition) is 10. The normalized spacial score (nSPS) is 29.3. The van der Waals surface area contributed by atoms with Gasteiger partial charge < -0.3 is 53.2 Å². The van der Waals surface area contributed by atoms with Crippen LogP contribution in [-0.2, 0) is 12.6 Å². The maximum atomic E-state index is 13.2. The molecule has 1 aromatic carbocycles. The standard InChI is InChI=1S/C42H80F3N11/c1-3-35(2)40-8-4-13-41(40)34-56-30-5-7-39(56)33-53-25-24-50-19-17-47-15-6-14-46-16-18-48-20-21-49-22-23-51-26-28-54-38(32-52-27-29-55-41)31-36-9-11-37(12-10-36)42(43,44)45/h9-12,35,38-40,46-55H,3-8,13-34H2,1-2H3/t35-,38?,39?,40?,41?/m0/s1. The van der Waals surface area contributed by atoms with Gasteiger partial charge in [-0.3, -0.25) is 4.90 Å². The van der Waals surface area contributed by atoms with Gasteiger partial charge in [0.25, 0.3) is 0 Å². The molecule has 1 aliphatic carbocycles. The van der Waals surface area contributed by atoms with Crippen molar-refractivity contribution in [2.45, 2.75) is 89.0 Å². The van der Waals surface area contributed by atoms with Gasteiger partial charge in [0.15, 0.2) is 0 Å². The molecule has 0 bridgehead atoms. The second-order valence-electron chi connectivity index (χ2n) is 16.5. The smallest absolute Gasteiger partial charge is 0.315 e. The van der Waals surface area contributed by atoms with Crippen LogP contribution in [0.3, 0.4) is 0 Å². The van der Waals surface area contributed by atoms with E-state index in [1.54, 1.807) is 12.1 Å². The van der Waals surface area contributed by atoms with Crippen LogP contribution in [0.2, 0.25) is 0 Å². The number of nitrogens with one attached hydrogen (secondary N) is 10. The lowest BCUT2D eigenvalue weighted by atomic mass is 9.77. The highest BCUT2D eigenvalue weighted by molar-refractivity contribution is 5.25. The molecule has 14 heteroatoms. The minimum Gasteiger partial charge on any atom is -0.315 e. The van der Waals surface area contributed by atoms with Crippen molar-refractivity contribution >= 4 is 0 Å². The molecule has 1 aromatic rings. The number of nitrogens with zero attached hydrogens (tertiary/aromatic N) is 1. The van der Waals surface area contributed by atoms with E-state index in [2.05, 4.69) is 71.9 Å². The third-order valence-corrected chi connectivity index (χ3v) is 12.3. The second kappa shape index (κ2) is 27.4. The molecule has 10 N–H and O–H groups in total. The molecule has 324 valence electrons. The Balaban J connectivity index is 1.32. The minimum atomic E-state index is -4.32. The molecule has 1 saturated carbocycles. The van der Waals surface area contributed by atoms with Gasteiger partial charge in [0.05, 0.1) is 5.56 Å². The summed E-state index contributed by atoms with van der Waals surface area (Å²) in [7, 11) is 0. The van der Waals surface area contributed by atoms with Gasteiger partial charge >= 0.3 is 6.18 Å². The first-order valence-corrected chi connectivity index (χ1v) is 22.3. The lowest BCUT2D eigenvalue weighted by molar-refractivity contribution is -0.137. The van der Waals surface area contributed by atoms with E-state index in [-0.39, 0.29) is 11.6 Å². The van der Waals surface area contributed by atoms with Crippen molar-refractivity contribution in [3.63, 3.8) is 0 Å². The van der Waals surface area contributed by atoms with Crippen molar-refractivity contribution in [1.82, 2.24) is 58.1 Å². The highest BCUT2D eigenvalue weighted by Crippen LogP contribution is 2.43. The van der Waals surface area contributed by atoms with Crippen molar-refractivity contribution < 1.29 is 13.2 Å². The van der Waals surface area contributed by atoms with Crippen LogP contribution >= 0.6 is 0 Å². The predicted octanol–water partition coefficient (Wildman–Crippen LogP) is 1.97. The van der Waals surface area contributed by atoms with E-state index >= 15 is 0 Å². The quantitative estimate of drug-likeness (QED) is 0.220. The zero-order valence-electron chi connectivity index (χ0n) is 35.0. The highest BCUT2D eigenvalue weighted by Gasteiger charge is 2.46. The fourth-order valence-electron chi connectivity index (χ4n) is 8.99. The van der Waals surface area contributed by atoms with E-state index in [4.69, 9.17) is 0 Å². The molecule has 3 fully saturated rings. The van der Waals surface area contributed by atoms with Crippen LogP contribution in [0.5, 0.6) is 0 Å². The Morgan fingerprint density at radius 3 is 1.82 bits per heavy atom. The van der Waals surface area contributed by atoms with Crippen LogP contribution in [0, 0.1) is 11.8 Å². The van der Waals surface area contributed by atoms with Crippen molar-refractivity contribution in [3.8, 4) is 0 Å². The number of fused-ring (bicyclic) bond motifs is 1. The molecule has 0 radical (unpaired) electrons. The van der Waals surface area contributed by atoms with Crippen molar-refractivity contribution in [1.29, 1.82) is 0 Å². The molecule has 56 heavy (non-hydrogen) atoms. The van der Waals surface area contributed by atoms with Crippen LogP contribution in [-0.4, -0.2) is 153 Å². The summed E-state index contributed by atoms with van der Waals surface area (Å²) in [6.07, 6.45) is 5.02. The van der Waals surface area contributed by atoms with E-state index < -0.39 is 11.7 Å². The van der Waals surface area contributed by atoms with Gasteiger partial charge in [0.2, 0.25) is 0 Å². The van der Waals surface area contributed by atoms with Crippen molar-refractivity contribution in [3.05, 3.63) is 35.4 Å². The Hall–Kier alpha value is -1.43.